The number of benzene rings is 2. The molecular formula is C16H16N2O. The molecule has 0 fully saturated rings. The lowest BCUT2D eigenvalue weighted by Gasteiger charge is -2.07. The van der Waals surface area contributed by atoms with E-state index in [9.17, 15) is 0 Å². The number of hydrogen-bond donors (Lipinski definition) is 0. The van der Waals surface area contributed by atoms with E-state index < -0.39 is 0 Å². The molecule has 1 aromatic heterocycles. The molecule has 0 spiro atoms. The Bertz CT molecular complexity index is 716. The number of nitrogens with zero attached hydrogens (tertiary/aromatic N) is 2. The van der Waals surface area contributed by atoms with E-state index in [2.05, 4.69) is 17.2 Å². The predicted octanol–water partition coefficient (Wildman–Crippen LogP) is 3.46. The minimum atomic E-state index is 0.492. The minimum absolute atomic E-state index is 0.492. The smallest absolute Gasteiger partial charge is 0.133 e. The average molecular weight is 252 g/mol. The van der Waals surface area contributed by atoms with Crippen LogP contribution in [-0.2, 0) is 13.7 Å². The van der Waals surface area contributed by atoms with Crippen LogP contribution in [0, 0.1) is 6.92 Å². The molecule has 3 heteroatoms. The Balaban J connectivity index is 1.88. The van der Waals surface area contributed by atoms with Gasteiger partial charge in [-0.2, -0.15) is 5.10 Å². The highest BCUT2D eigenvalue weighted by Crippen LogP contribution is 2.21. The summed E-state index contributed by atoms with van der Waals surface area (Å²) in [5.74, 6) is 0.914. The highest BCUT2D eigenvalue weighted by molar-refractivity contribution is 5.81. The first-order valence-corrected chi connectivity index (χ1v) is 6.35. The number of fused-ring (bicyclic) bond motifs is 1. The molecule has 0 saturated carbocycles. The van der Waals surface area contributed by atoms with Gasteiger partial charge >= 0.3 is 0 Å². The number of rotatable bonds is 3. The zero-order valence-electron chi connectivity index (χ0n) is 11.1. The number of aryl methyl sites for hydroxylation is 2. The average Bonchev–Trinajstić information content (AvgIpc) is 2.75. The van der Waals surface area contributed by atoms with Gasteiger partial charge in [0.25, 0.3) is 0 Å². The molecule has 0 radical (unpaired) electrons. The fourth-order valence-electron chi connectivity index (χ4n) is 2.26. The Hall–Kier alpha value is -2.29. The van der Waals surface area contributed by atoms with Gasteiger partial charge in [0.2, 0.25) is 0 Å². The summed E-state index contributed by atoms with van der Waals surface area (Å²) >= 11 is 0. The fraction of sp³-hybridized carbons (Fsp3) is 0.188. The van der Waals surface area contributed by atoms with E-state index in [1.807, 2.05) is 55.1 Å². The third-order valence-electron chi connectivity index (χ3n) is 3.29. The van der Waals surface area contributed by atoms with Crippen LogP contribution in [0.5, 0.6) is 5.75 Å². The molecule has 0 aliphatic carbocycles. The molecule has 3 rings (SSSR count). The summed E-state index contributed by atoms with van der Waals surface area (Å²) in [6, 6.07) is 16.2. The van der Waals surface area contributed by atoms with E-state index in [1.54, 1.807) is 0 Å². The Morgan fingerprint density at radius 1 is 1.05 bits per heavy atom. The van der Waals surface area contributed by atoms with Gasteiger partial charge < -0.3 is 4.74 Å². The lowest BCUT2D eigenvalue weighted by molar-refractivity contribution is 0.299. The zero-order chi connectivity index (χ0) is 13.2. The molecule has 0 aliphatic rings. The normalized spacial score (nSPS) is 10.8. The molecule has 0 aliphatic heterocycles. The van der Waals surface area contributed by atoms with E-state index in [0.29, 0.717) is 6.61 Å². The molecule has 19 heavy (non-hydrogen) atoms. The molecule has 0 amide bonds. The number of aromatic nitrogens is 2. The van der Waals surface area contributed by atoms with Crippen LogP contribution < -0.4 is 4.74 Å². The fourth-order valence-corrected chi connectivity index (χ4v) is 2.26. The molecule has 2 aromatic carbocycles. The molecule has 0 N–H and O–H groups in total. The third kappa shape index (κ3) is 2.19. The van der Waals surface area contributed by atoms with Crippen molar-refractivity contribution in [1.29, 1.82) is 0 Å². The number of ether oxygens (including phenoxy) is 1. The lowest BCUT2D eigenvalue weighted by Crippen LogP contribution is -1.99. The minimum Gasteiger partial charge on any atom is -0.487 e. The summed E-state index contributed by atoms with van der Waals surface area (Å²) in [5.41, 5.74) is 3.25. The maximum atomic E-state index is 5.87. The molecule has 96 valence electrons. The highest BCUT2D eigenvalue weighted by atomic mass is 16.5. The first-order valence-electron chi connectivity index (χ1n) is 6.35. The van der Waals surface area contributed by atoms with Gasteiger partial charge in [0.1, 0.15) is 18.1 Å². The van der Waals surface area contributed by atoms with Crippen LogP contribution in [0.1, 0.15) is 11.3 Å². The van der Waals surface area contributed by atoms with Crippen molar-refractivity contribution in [2.45, 2.75) is 13.5 Å². The van der Waals surface area contributed by atoms with Gasteiger partial charge in [0, 0.05) is 12.4 Å². The van der Waals surface area contributed by atoms with Crippen LogP contribution in [0.25, 0.3) is 10.9 Å². The summed E-state index contributed by atoms with van der Waals surface area (Å²) in [7, 11) is 1.96. The van der Waals surface area contributed by atoms with Crippen LogP contribution in [0.15, 0.2) is 48.5 Å². The van der Waals surface area contributed by atoms with E-state index in [-0.39, 0.29) is 0 Å². The zero-order valence-corrected chi connectivity index (χ0v) is 11.1. The summed E-state index contributed by atoms with van der Waals surface area (Å²) in [5, 5.41) is 5.68. The second-order valence-electron chi connectivity index (χ2n) is 4.64. The number of para-hydroxylation sites is 2. The van der Waals surface area contributed by atoms with Crippen LogP contribution in [-0.4, -0.2) is 9.78 Å². The Labute approximate surface area is 112 Å². The van der Waals surface area contributed by atoms with Crippen molar-refractivity contribution in [3.05, 3.63) is 59.8 Å². The van der Waals surface area contributed by atoms with Gasteiger partial charge in [-0.15, -0.1) is 0 Å². The summed E-state index contributed by atoms with van der Waals surface area (Å²) in [4.78, 5) is 0. The topological polar surface area (TPSA) is 27.1 Å². The quantitative estimate of drug-likeness (QED) is 0.713. The molecule has 0 bridgehead atoms. The van der Waals surface area contributed by atoms with Gasteiger partial charge in [-0.3, -0.25) is 4.68 Å². The maximum absolute atomic E-state index is 5.87. The van der Waals surface area contributed by atoms with Crippen molar-refractivity contribution in [3.63, 3.8) is 0 Å². The highest BCUT2D eigenvalue weighted by Gasteiger charge is 2.08. The monoisotopic (exact) mass is 252 g/mol. The van der Waals surface area contributed by atoms with Crippen molar-refractivity contribution in [1.82, 2.24) is 9.78 Å². The summed E-state index contributed by atoms with van der Waals surface area (Å²) in [6.45, 7) is 2.54. The summed E-state index contributed by atoms with van der Waals surface area (Å²) < 4.78 is 7.76. The van der Waals surface area contributed by atoms with Crippen molar-refractivity contribution < 1.29 is 4.74 Å². The maximum Gasteiger partial charge on any atom is 0.133 e. The second kappa shape index (κ2) is 4.76. The number of hydrogen-bond acceptors (Lipinski definition) is 2. The van der Waals surface area contributed by atoms with Crippen molar-refractivity contribution >= 4 is 10.9 Å². The lowest BCUT2D eigenvalue weighted by atomic mass is 10.2. The first kappa shape index (κ1) is 11.8. The van der Waals surface area contributed by atoms with Gasteiger partial charge in [-0.05, 0) is 24.6 Å². The van der Waals surface area contributed by atoms with E-state index in [1.165, 1.54) is 0 Å². The SMILES string of the molecule is Cc1ccccc1OCc1nn(C)c2ccccc12. The Morgan fingerprint density at radius 2 is 1.79 bits per heavy atom. The molecular weight excluding hydrogens is 236 g/mol. The van der Waals surface area contributed by atoms with Crippen molar-refractivity contribution in [3.8, 4) is 5.75 Å². The Morgan fingerprint density at radius 3 is 2.63 bits per heavy atom. The van der Waals surface area contributed by atoms with Crippen molar-refractivity contribution in [2.75, 3.05) is 0 Å². The molecule has 1 heterocycles. The van der Waals surface area contributed by atoms with E-state index >= 15 is 0 Å². The van der Waals surface area contributed by atoms with Crippen LogP contribution in [0.2, 0.25) is 0 Å². The molecule has 0 unspecified atom stereocenters. The van der Waals surface area contributed by atoms with Gasteiger partial charge in [0.15, 0.2) is 0 Å². The van der Waals surface area contributed by atoms with E-state index in [4.69, 9.17) is 4.74 Å². The largest absolute Gasteiger partial charge is 0.487 e. The molecule has 0 saturated heterocycles. The first-order chi connectivity index (χ1) is 9.25. The molecule has 3 nitrogen and oxygen atoms in total. The Kier molecular flexibility index (Phi) is 2.95. The standard InChI is InChI=1S/C16H16N2O/c1-12-7-3-6-10-16(12)19-11-14-13-8-4-5-9-15(13)18(2)17-14/h3-10H,11H2,1-2H3. The van der Waals surface area contributed by atoms with E-state index in [0.717, 1.165) is 27.9 Å². The predicted molar refractivity (Wildman–Crippen MR) is 76.2 cm³/mol. The molecule has 0 atom stereocenters. The van der Waals surface area contributed by atoms with Gasteiger partial charge in [0.05, 0.1) is 5.52 Å². The van der Waals surface area contributed by atoms with Crippen LogP contribution in [0.4, 0.5) is 0 Å². The van der Waals surface area contributed by atoms with Crippen molar-refractivity contribution in [2.24, 2.45) is 7.05 Å². The summed E-state index contributed by atoms with van der Waals surface area (Å²) in [6.07, 6.45) is 0. The van der Waals surface area contributed by atoms with Crippen LogP contribution >= 0.6 is 0 Å². The van der Waals surface area contributed by atoms with Crippen LogP contribution in [0.3, 0.4) is 0 Å². The van der Waals surface area contributed by atoms with Gasteiger partial charge in [-0.25, -0.2) is 0 Å². The second-order valence-corrected chi connectivity index (χ2v) is 4.64. The molecule has 3 aromatic rings. The third-order valence-corrected chi connectivity index (χ3v) is 3.29. The van der Waals surface area contributed by atoms with Gasteiger partial charge in [-0.1, -0.05) is 36.4 Å².